The van der Waals surface area contributed by atoms with Gasteiger partial charge in [-0.05, 0) is 18.2 Å². The van der Waals surface area contributed by atoms with Crippen LogP contribution in [0.3, 0.4) is 0 Å². The number of benzene rings is 1. The van der Waals surface area contributed by atoms with Crippen LogP contribution in [0.4, 0.5) is 37.2 Å². The molecule has 12 heteroatoms. The topological polar surface area (TPSA) is 71.1 Å². The van der Waals surface area contributed by atoms with E-state index >= 15 is 0 Å². The number of nitrogens with one attached hydrogen (secondary N) is 2. The van der Waals surface area contributed by atoms with Crippen LogP contribution in [0, 0.1) is 0 Å². The maximum atomic E-state index is 12.8. The second-order valence-electron chi connectivity index (χ2n) is 4.97. The third-order valence-electron chi connectivity index (χ3n) is 2.87. The lowest BCUT2D eigenvalue weighted by molar-refractivity contribution is -0.143. The van der Waals surface area contributed by atoms with Crippen LogP contribution in [-0.2, 0) is 17.1 Å². The molecule has 0 spiro atoms. The summed E-state index contributed by atoms with van der Waals surface area (Å²) in [6.07, 6.45) is -10.1. The number of thiazole rings is 1. The first-order valence-corrected chi connectivity index (χ1v) is 7.58. The van der Waals surface area contributed by atoms with Gasteiger partial charge in [-0.25, -0.2) is 4.98 Å². The number of alkyl halides is 6. The van der Waals surface area contributed by atoms with Crippen molar-refractivity contribution in [3.8, 4) is 0 Å². The summed E-state index contributed by atoms with van der Waals surface area (Å²) < 4.78 is 76.7. The summed E-state index contributed by atoms with van der Waals surface area (Å²) in [4.78, 5) is 26.6. The SMILES string of the molecule is CC(=O)Nc1nc(C(=O)Nc2cc(C(F)(F)F)cc(C(F)(F)F)c2)cs1. The van der Waals surface area contributed by atoms with Crippen molar-refractivity contribution < 1.29 is 35.9 Å². The van der Waals surface area contributed by atoms with E-state index in [4.69, 9.17) is 0 Å². The average Bonchev–Trinajstić information content (AvgIpc) is 2.93. The van der Waals surface area contributed by atoms with Crippen LogP contribution in [-0.4, -0.2) is 16.8 Å². The van der Waals surface area contributed by atoms with Gasteiger partial charge in [0.25, 0.3) is 5.91 Å². The first-order chi connectivity index (χ1) is 11.9. The van der Waals surface area contributed by atoms with E-state index < -0.39 is 41.0 Å². The molecule has 0 saturated heterocycles. The fraction of sp³-hybridized carbons (Fsp3) is 0.214. The first-order valence-electron chi connectivity index (χ1n) is 6.70. The summed E-state index contributed by atoms with van der Waals surface area (Å²) in [7, 11) is 0. The van der Waals surface area contributed by atoms with Gasteiger partial charge in [0.2, 0.25) is 5.91 Å². The molecule has 2 rings (SSSR count). The van der Waals surface area contributed by atoms with E-state index in [1.165, 1.54) is 12.3 Å². The molecule has 0 unspecified atom stereocenters. The minimum Gasteiger partial charge on any atom is -0.321 e. The van der Waals surface area contributed by atoms with Crippen LogP contribution in [0.2, 0.25) is 0 Å². The van der Waals surface area contributed by atoms with Gasteiger partial charge >= 0.3 is 12.4 Å². The first kappa shape index (κ1) is 19.7. The molecule has 5 nitrogen and oxygen atoms in total. The van der Waals surface area contributed by atoms with E-state index in [1.807, 2.05) is 5.32 Å². The second kappa shape index (κ2) is 6.94. The van der Waals surface area contributed by atoms with E-state index in [-0.39, 0.29) is 16.9 Å². The molecule has 0 atom stereocenters. The van der Waals surface area contributed by atoms with Crippen LogP contribution in [0.15, 0.2) is 23.6 Å². The van der Waals surface area contributed by atoms with Crippen molar-refractivity contribution in [1.29, 1.82) is 0 Å². The third-order valence-corrected chi connectivity index (χ3v) is 3.62. The molecule has 0 bridgehead atoms. The number of carbonyl (C=O) groups excluding carboxylic acids is 2. The fourth-order valence-electron chi connectivity index (χ4n) is 1.81. The number of aromatic nitrogens is 1. The second-order valence-corrected chi connectivity index (χ2v) is 5.83. The van der Waals surface area contributed by atoms with Gasteiger partial charge in [0.05, 0.1) is 11.1 Å². The number of amides is 2. The predicted octanol–water partition coefficient (Wildman–Crippen LogP) is 4.39. The lowest BCUT2D eigenvalue weighted by atomic mass is 10.1. The zero-order chi connectivity index (χ0) is 19.7. The Morgan fingerprint density at radius 1 is 0.962 bits per heavy atom. The summed E-state index contributed by atoms with van der Waals surface area (Å²) in [5, 5.41) is 5.49. The van der Waals surface area contributed by atoms with Crippen LogP contribution >= 0.6 is 11.3 Å². The van der Waals surface area contributed by atoms with Gasteiger partial charge in [-0.3, -0.25) is 9.59 Å². The largest absolute Gasteiger partial charge is 0.416 e. The monoisotopic (exact) mass is 397 g/mol. The predicted molar refractivity (Wildman–Crippen MR) is 80.8 cm³/mol. The van der Waals surface area contributed by atoms with Gasteiger partial charge in [-0.15, -0.1) is 11.3 Å². The van der Waals surface area contributed by atoms with Gasteiger partial charge < -0.3 is 10.6 Å². The van der Waals surface area contributed by atoms with Crippen LogP contribution in [0.1, 0.15) is 28.5 Å². The van der Waals surface area contributed by atoms with Crippen molar-refractivity contribution in [1.82, 2.24) is 4.98 Å². The van der Waals surface area contributed by atoms with E-state index in [9.17, 15) is 35.9 Å². The van der Waals surface area contributed by atoms with E-state index in [1.54, 1.807) is 0 Å². The van der Waals surface area contributed by atoms with Crippen molar-refractivity contribution in [2.45, 2.75) is 19.3 Å². The van der Waals surface area contributed by atoms with Crippen LogP contribution in [0.25, 0.3) is 0 Å². The molecule has 140 valence electrons. The molecule has 2 amide bonds. The number of nitrogens with zero attached hydrogens (tertiary/aromatic N) is 1. The maximum absolute atomic E-state index is 12.8. The highest BCUT2D eigenvalue weighted by Gasteiger charge is 2.37. The standard InChI is InChI=1S/C14H9F6N3O2S/c1-6(24)21-12-23-10(5-26-12)11(25)22-9-3-7(13(15,16)17)2-8(4-9)14(18,19)20/h2-5H,1H3,(H,22,25)(H,21,23,24). The lowest BCUT2D eigenvalue weighted by Gasteiger charge is -2.14. The summed E-state index contributed by atoms with van der Waals surface area (Å²) in [5.41, 5.74) is -4.07. The normalized spacial score (nSPS) is 12.0. The van der Waals surface area contributed by atoms with E-state index in [0.717, 1.165) is 11.3 Å². The van der Waals surface area contributed by atoms with E-state index in [0.29, 0.717) is 12.1 Å². The number of anilines is 2. The Morgan fingerprint density at radius 3 is 1.96 bits per heavy atom. The number of hydrogen-bond acceptors (Lipinski definition) is 4. The Morgan fingerprint density at radius 2 is 1.50 bits per heavy atom. The van der Waals surface area contributed by atoms with Crippen LogP contribution in [0.5, 0.6) is 0 Å². The smallest absolute Gasteiger partial charge is 0.321 e. The average molecular weight is 397 g/mol. The Kier molecular flexibility index (Phi) is 5.26. The number of rotatable bonds is 3. The van der Waals surface area contributed by atoms with Gasteiger partial charge in [0, 0.05) is 18.0 Å². The Bertz CT molecular complexity index is 812. The molecule has 0 aliphatic carbocycles. The van der Waals surface area contributed by atoms with Crippen molar-refractivity contribution in [2.24, 2.45) is 0 Å². The van der Waals surface area contributed by atoms with Gasteiger partial charge in [0.1, 0.15) is 5.69 Å². The molecule has 1 heterocycles. The molecule has 1 aromatic heterocycles. The quantitative estimate of drug-likeness (QED) is 0.755. The van der Waals surface area contributed by atoms with Crippen molar-refractivity contribution in [3.63, 3.8) is 0 Å². The minimum atomic E-state index is -5.03. The molecule has 0 saturated carbocycles. The zero-order valence-corrected chi connectivity index (χ0v) is 13.6. The highest BCUT2D eigenvalue weighted by Crippen LogP contribution is 2.37. The molecule has 0 aliphatic heterocycles. The molecule has 0 radical (unpaired) electrons. The fourth-order valence-corrected chi connectivity index (χ4v) is 2.54. The summed E-state index contributed by atoms with van der Waals surface area (Å²) in [6, 6.07) is 0.718. The summed E-state index contributed by atoms with van der Waals surface area (Å²) in [5.74, 6) is -1.48. The van der Waals surface area contributed by atoms with Crippen LogP contribution < -0.4 is 10.6 Å². The summed E-state index contributed by atoms with van der Waals surface area (Å²) in [6.45, 7) is 1.20. The molecular formula is C14H9F6N3O2S. The van der Waals surface area contributed by atoms with Gasteiger partial charge in [-0.2, -0.15) is 26.3 Å². The molecule has 0 fully saturated rings. The van der Waals surface area contributed by atoms with Crippen molar-refractivity contribution in [3.05, 3.63) is 40.4 Å². The number of halogens is 6. The zero-order valence-electron chi connectivity index (χ0n) is 12.7. The lowest BCUT2D eigenvalue weighted by Crippen LogP contribution is -2.16. The Balaban J connectivity index is 2.31. The Hall–Kier alpha value is -2.63. The number of hydrogen-bond donors (Lipinski definition) is 2. The number of carbonyl (C=O) groups is 2. The maximum Gasteiger partial charge on any atom is 0.416 e. The molecule has 2 N–H and O–H groups in total. The minimum absolute atomic E-state index is 0.0482. The van der Waals surface area contributed by atoms with Gasteiger partial charge in [-0.1, -0.05) is 0 Å². The summed E-state index contributed by atoms with van der Waals surface area (Å²) >= 11 is 0.868. The highest BCUT2D eigenvalue weighted by molar-refractivity contribution is 7.14. The van der Waals surface area contributed by atoms with Crippen molar-refractivity contribution in [2.75, 3.05) is 10.6 Å². The van der Waals surface area contributed by atoms with Crippen molar-refractivity contribution >= 4 is 34.0 Å². The molecular weight excluding hydrogens is 388 g/mol. The third kappa shape index (κ3) is 4.94. The van der Waals surface area contributed by atoms with Gasteiger partial charge in [0.15, 0.2) is 5.13 Å². The Labute approximate surface area is 146 Å². The molecule has 1 aromatic carbocycles. The molecule has 0 aliphatic rings. The molecule has 26 heavy (non-hydrogen) atoms. The molecule has 2 aromatic rings. The van der Waals surface area contributed by atoms with E-state index in [2.05, 4.69) is 10.3 Å². The highest BCUT2D eigenvalue weighted by atomic mass is 32.1.